The summed E-state index contributed by atoms with van der Waals surface area (Å²) in [4.78, 5) is 0. The lowest BCUT2D eigenvalue weighted by molar-refractivity contribution is 0.425. The van der Waals surface area contributed by atoms with Gasteiger partial charge in [0.2, 0.25) is 0 Å². The maximum Gasteiger partial charge on any atom is 0.139 e. The summed E-state index contributed by atoms with van der Waals surface area (Å²) in [7, 11) is 0. The van der Waals surface area contributed by atoms with Crippen molar-refractivity contribution in [3.63, 3.8) is 0 Å². The predicted octanol–water partition coefficient (Wildman–Crippen LogP) is 4.12. The Kier molecular flexibility index (Phi) is 3.60. The third kappa shape index (κ3) is 2.43. The molecule has 0 aliphatic rings. The molecule has 2 rings (SSSR count). The van der Waals surface area contributed by atoms with Crippen molar-refractivity contribution in [3.05, 3.63) is 67.6 Å². The van der Waals surface area contributed by atoms with E-state index in [0.717, 1.165) is 11.3 Å². The van der Waals surface area contributed by atoms with Crippen molar-refractivity contribution >= 4 is 0 Å². The van der Waals surface area contributed by atoms with Gasteiger partial charge in [-0.25, -0.2) is 0 Å². The van der Waals surface area contributed by atoms with Gasteiger partial charge in [-0.1, -0.05) is 55.5 Å². The Morgan fingerprint density at radius 3 is 2.31 bits per heavy atom. The minimum absolute atomic E-state index is 0.881. The molecule has 0 fully saturated rings. The fourth-order valence-corrected chi connectivity index (χ4v) is 1.57. The Hall–Kier alpha value is -1.76. The Morgan fingerprint density at radius 1 is 0.875 bits per heavy atom. The summed E-state index contributed by atoms with van der Waals surface area (Å²) in [6.45, 7) is 3.63. The van der Waals surface area contributed by atoms with Crippen LogP contribution in [0.4, 0.5) is 0 Å². The lowest BCUT2D eigenvalue weighted by Crippen LogP contribution is -1.91. The zero-order valence-corrected chi connectivity index (χ0v) is 9.26. The third-order valence-electron chi connectivity index (χ3n) is 2.30. The maximum atomic E-state index is 5.56. The molecule has 0 amide bonds. The summed E-state index contributed by atoms with van der Waals surface area (Å²) in [5.41, 5.74) is 2.28. The predicted molar refractivity (Wildman–Crippen MR) is 66.8 cm³/mol. The van der Waals surface area contributed by atoms with E-state index >= 15 is 0 Å². The average molecular weight is 210 g/mol. The molecular formula is C15H14O. The van der Waals surface area contributed by atoms with Crippen LogP contribution in [-0.2, 0) is 0 Å². The van der Waals surface area contributed by atoms with Crippen molar-refractivity contribution in [1.29, 1.82) is 0 Å². The van der Waals surface area contributed by atoms with Gasteiger partial charge < -0.3 is 4.74 Å². The molecule has 2 radical (unpaired) electrons. The standard InChI is InChI=1S/C15H14O/c1-2-12-16-15-11-7-6-10-14(15)13-8-4-3-5-9-13/h2-12H,1H3. The second kappa shape index (κ2) is 5.36. The van der Waals surface area contributed by atoms with Gasteiger partial charge in [0.1, 0.15) is 12.4 Å². The van der Waals surface area contributed by atoms with Gasteiger partial charge in [0, 0.05) is 12.0 Å². The summed E-state index contributed by atoms with van der Waals surface area (Å²) in [5, 5.41) is 0. The average Bonchev–Trinajstić information content (AvgIpc) is 2.38. The molecule has 1 nitrogen and oxygen atoms in total. The molecule has 0 aliphatic heterocycles. The van der Waals surface area contributed by atoms with Gasteiger partial charge in [0.15, 0.2) is 0 Å². The number of benzene rings is 2. The van der Waals surface area contributed by atoms with Gasteiger partial charge >= 0.3 is 0 Å². The van der Waals surface area contributed by atoms with Crippen LogP contribution in [-0.4, -0.2) is 0 Å². The summed E-state index contributed by atoms with van der Waals surface area (Å²) in [5.74, 6) is 0.881. The molecule has 0 heterocycles. The lowest BCUT2D eigenvalue weighted by Gasteiger charge is -2.09. The molecule has 0 atom stereocenters. The first-order valence-corrected chi connectivity index (χ1v) is 5.34. The van der Waals surface area contributed by atoms with Gasteiger partial charge in [-0.2, -0.15) is 0 Å². The molecule has 80 valence electrons. The Labute approximate surface area is 96.7 Å². The van der Waals surface area contributed by atoms with Crippen LogP contribution in [0.15, 0.2) is 54.6 Å². The first-order valence-electron chi connectivity index (χ1n) is 5.34. The quantitative estimate of drug-likeness (QED) is 0.737. The van der Waals surface area contributed by atoms with Crippen molar-refractivity contribution < 1.29 is 4.74 Å². The molecule has 0 saturated carbocycles. The largest absolute Gasteiger partial charge is 0.486 e. The van der Waals surface area contributed by atoms with E-state index in [1.54, 1.807) is 6.61 Å². The van der Waals surface area contributed by atoms with E-state index in [2.05, 4.69) is 18.2 Å². The van der Waals surface area contributed by atoms with E-state index in [0.29, 0.717) is 0 Å². The number of para-hydroxylation sites is 1. The normalized spacial score (nSPS) is 10.1. The van der Waals surface area contributed by atoms with Gasteiger partial charge in [-0.15, -0.1) is 0 Å². The van der Waals surface area contributed by atoms with Crippen molar-refractivity contribution in [1.82, 2.24) is 0 Å². The molecular weight excluding hydrogens is 196 g/mol. The zero-order chi connectivity index (χ0) is 11.2. The van der Waals surface area contributed by atoms with Crippen LogP contribution in [0.3, 0.4) is 0 Å². The molecule has 0 spiro atoms. The van der Waals surface area contributed by atoms with Crippen molar-refractivity contribution in [3.8, 4) is 16.9 Å². The van der Waals surface area contributed by atoms with Gasteiger partial charge in [-0.3, -0.25) is 0 Å². The van der Waals surface area contributed by atoms with E-state index in [-0.39, 0.29) is 0 Å². The lowest BCUT2D eigenvalue weighted by atomic mass is 10.1. The minimum atomic E-state index is 0.881. The topological polar surface area (TPSA) is 9.23 Å². The molecule has 0 aliphatic carbocycles. The first kappa shape index (κ1) is 10.7. The minimum Gasteiger partial charge on any atom is -0.486 e. The molecule has 2 aromatic carbocycles. The van der Waals surface area contributed by atoms with Crippen molar-refractivity contribution in [2.24, 2.45) is 0 Å². The number of ether oxygens (including phenoxy) is 1. The summed E-state index contributed by atoms with van der Waals surface area (Å²) in [6.07, 6.45) is 1.88. The molecule has 1 heteroatoms. The smallest absolute Gasteiger partial charge is 0.139 e. The van der Waals surface area contributed by atoms with Crippen LogP contribution < -0.4 is 4.74 Å². The van der Waals surface area contributed by atoms with E-state index in [9.17, 15) is 0 Å². The number of rotatable bonds is 4. The number of hydrogen-bond acceptors (Lipinski definition) is 1. The van der Waals surface area contributed by atoms with E-state index in [4.69, 9.17) is 4.74 Å². The maximum absolute atomic E-state index is 5.56. The SMILES string of the molecule is C[CH][CH]Oc1ccccc1-c1ccccc1. The molecule has 0 aromatic heterocycles. The summed E-state index contributed by atoms with van der Waals surface area (Å²) < 4.78 is 5.56. The van der Waals surface area contributed by atoms with Crippen LogP contribution in [0.2, 0.25) is 0 Å². The number of hydrogen-bond donors (Lipinski definition) is 0. The highest BCUT2D eigenvalue weighted by atomic mass is 16.5. The third-order valence-corrected chi connectivity index (χ3v) is 2.30. The van der Waals surface area contributed by atoms with Crippen LogP contribution in [0.25, 0.3) is 11.1 Å². The van der Waals surface area contributed by atoms with Gasteiger partial charge in [0.25, 0.3) is 0 Å². The Bertz CT molecular complexity index is 434. The Balaban J connectivity index is 2.33. The van der Waals surface area contributed by atoms with Crippen LogP contribution >= 0.6 is 0 Å². The molecule has 2 aromatic rings. The second-order valence-corrected chi connectivity index (χ2v) is 3.45. The summed E-state index contributed by atoms with van der Waals surface area (Å²) >= 11 is 0. The highest BCUT2D eigenvalue weighted by Crippen LogP contribution is 2.29. The molecule has 0 N–H and O–H groups in total. The molecule has 16 heavy (non-hydrogen) atoms. The van der Waals surface area contributed by atoms with Crippen LogP contribution in [0.5, 0.6) is 5.75 Å². The van der Waals surface area contributed by atoms with Crippen LogP contribution in [0, 0.1) is 13.0 Å². The fourth-order valence-electron chi connectivity index (χ4n) is 1.57. The fraction of sp³-hybridized carbons (Fsp3) is 0.0667. The molecule has 0 unspecified atom stereocenters. The monoisotopic (exact) mass is 210 g/mol. The van der Waals surface area contributed by atoms with E-state index in [1.165, 1.54) is 5.56 Å². The highest BCUT2D eigenvalue weighted by Gasteiger charge is 2.04. The Morgan fingerprint density at radius 2 is 1.56 bits per heavy atom. The first-order chi connectivity index (χ1) is 7.92. The molecule has 0 bridgehead atoms. The molecule has 0 saturated heterocycles. The zero-order valence-electron chi connectivity index (χ0n) is 9.26. The van der Waals surface area contributed by atoms with Crippen LogP contribution in [0.1, 0.15) is 6.92 Å². The van der Waals surface area contributed by atoms with E-state index in [1.807, 2.05) is 49.7 Å². The highest BCUT2D eigenvalue weighted by molar-refractivity contribution is 5.70. The second-order valence-electron chi connectivity index (χ2n) is 3.45. The van der Waals surface area contributed by atoms with Crippen molar-refractivity contribution in [2.75, 3.05) is 0 Å². The van der Waals surface area contributed by atoms with Gasteiger partial charge in [0.05, 0.1) is 0 Å². The van der Waals surface area contributed by atoms with Gasteiger partial charge in [-0.05, 0) is 11.6 Å². The van der Waals surface area contributed by atoms with E-state index < -0.39 is 0 Å². The van der Waals surface area contributed by atoms with Crippen molar-refractivity contribution in [2.45, 2.75) is 6.92 Å². The summed E-state index contributed by atoms with van der Waals surface area (Å²) in [6, 6.07) is 18.3.